The van der Waals surface area contributed by atoms with E-state index in [2.05, 4.69) is 11.3 Å². The molecule has 0 saturated carbocycles. The molecule has 4 heteroatoms. The van der Waals surface area contributed by atoms with Crippen molar-refractivity contribution < 1.29 is 0 Å². The van der Waals surface area contributed by atoms with Crippen molar-refractivity contribution in [3.05, 3.63) is 24.3 Å². The predicted octanol–water partition coefficient (Wildman–Crippen LogP) is 1.36. The molecule has 0 amide bonds. The Hall–Kier alpha value is 1.19. The molecule has 4 N–H and O–H groups in total. The second-order valence-electron chi connectivity index (χ2n) is 1.67. The van der Waals surface area contributed by atoms with E-state index in [1.165, 1.54) is 0 Å². The van der Waals surface area contributed by atoms with E-state index in [-0.39, 0.29) is 0 Å². The van der Waals surface area contributed by atoms with Crippen molar-refractivity contribution in [2.75, 3.05) is 11.5 Å². The molecule has 0 heterocycles. The predicted molar refractivity (Wildman–Crippen MR) is 55.0 cm³/mol. The van der Waals surface area contributed by atoms with Crippen LogP contribution < -0.4 is 11.5 Å². The molecule has 0 fully saturated rings. The summed E-state index contributed by atoms with van der Waals surface area (Å²) in [5.74, 6) is 0. The number of hydrogen-bond acceptors (Lipinski definition) is 2. The van der Waals surface area contributed by atoms with E-state index < -0.39 is 0 Å². The fraction of sp³-hybridized carbons (Fsp3) is 0. The second-order valence-corrected chi connectivity index (χ2v) is 1.67. The number of halogens is 1. The summed E-state index contributed by atoms with van der Waals surface area (Å²) in [6.45, 7) is 0. The first-order chi connectivity index (χ1) is 4.79. The third-order valence-electron chi connectivity index (χ3n) is 0.936. The van der Waals surface area contributed by atoms with Gasteiger partial charge in [0.2, 0.25) is 0 Å². The van der Waals surface area contributed by atoms with Crippen LogP contribution in [-0.2, 0) is 0 Å². The van der Waals surface area contributed by atoms with Gasteiger partial charge in [0.05, 0.1) is 0 Å². The summed E-state index contributed by atoms with van der Waals surface area (Å²) < 4.78 is 0. The Bertz CT molecular complexity index is 155. The van der Waals surface area contributed by atoms with Crippen molar-refractivity contribution in [2.45, 2.75) is 0 Å². The zero-order valence-electron chi connectivity index (χ0n) is 5.84. The Morgan fingerprint density at radius 2 is 1.10 bits per heavy atom. The van der Waals surface area contributed by atoms with Crippen LogP contribution in [0.4, 0.5) is 11.4 Å². The molecule has 2 nitrogen and oxygen atoms in total. The molecule has 0 aromatic heterocycles. The van der Waals surface area contributed by atoms with Crippen LogP contribution in [0.2, 0.25) is 0 Å². The van der Waals surface area contributed by atoms with E-state index in [1.807, 2.05) is 0 Å². The molecule has 0 radical (unpaired) electrons. The number of anilines is 2. The van der Waals surface area contributed by atoms with Gasteiger partial charge in [-0.2, -0.15) is 0 Å². The summed E-state index contributed by atoms with van der Waals surface area (Å²) in [4.78, 5) is 0. The summed E-state index contributed by atoms with van der Waals surface area (Å²) in [5.41, 5.74) is 12.2. The fourth-order valence-corrected chi connectivity index (χ4v) is 0.496. The second kappa shape index (κ2) is 6.87. The first kappa shape index (κ1) is 11.2. The van der Waals surface area contributed by atoms with Crippen molar-refractivity contribution >= 4 is 65.4 Å². The number of hydrogen-bond donors (Lipinski definition) is 2. The maximum atomic E-state index is 5.37. The van der Waals surface area contributed by atoms with Gasteiger partial charge in [0.15, 0.2) is 0 Å². The standard InChI is InChI=1S/C6H8N2.HI.K/c7-5-1-2-6(8)4-3-5;;/h1-4H,7-8H2;1H;/q;;+1/p-1. The van der Waals surface area contributed by atoms with Gasteiger partial charge in [-0.25, -0.2) is 0 Å². The minimum atomic E-state index is 0.749. The summed E-state index contributed by atoms with van der Waals surface area (Å²) in [5, 5.41) is 0. The van der Waals surface area contributed by atoms with Gasteiger partial charge in [-0.1, -0.05) is 0 Å². The SMILES string of the molecule is Nc1ccc(N)cc1.[K][I]. The van der Waals surface area contributed by atoms with Crippen LogP contribution in [0, 0.1) is 0 Å². The first-order valence-corrected chi connectivity index (χ1v) is 12.9. The average molecular weight is 274 g/mol. The molecule has 50 valence electrons. The molecule has 0 aliphatic heterocycles. The quantitative estimate of drug-likeness (QED) is 0.426. The molecule has 1 aromatic carbocycles. The normalized spacial score (nSPS) is 7.90. The van der Waals surface area contributed by atoms with Gasteiger partial charge in [-0.05, 0) is 24.3 Å². The van der Waals surface area contributed by atoms with Crippen LogP contribution in [0.15, 0.2) is 24.3 Å². The van der Waals surface area contributed by atoms with E-state index in [0.29, 0.717) is 0 Å². The Morgan fingerprint density at radius 3 is 1.30 bits per heavy atom. The van der Waals surface area contributed by atoms with Crippen molar-refractivity contribution in [1.82, 2.24) is 0 Å². The summed E-state index contributed by atoms with van der Waals surface area (Å²) in [6.07, 6.45) is 0. The molecule has 0 saturated heterocycles. The van der Waals surface area contributed by atoms with E-state index in [9.17, 15) is 0 Å². The third-order valence-corrected chi connectivity index (χ3v) is 0.936. The Balaban J connectivity index is 0.000000371. The van der Waals surface area contributed by atoms with E-state index >= 15 is 0 Å². The maximum absolute atomic E-state index is 5.37. The van der Waals surface area contributed by atoms with Gasteiger partial charge in [0, 0.05) is 11.4 Å². The zero-order valence-corrected chi connectivity index (χ0v) is 11.1. The molecule has 0 unspecified atom stereocenters. The molecular formula is C6H8IKN2. The fourth-order valence-electron chi connectivity index (χ4n) is 0.496. The monoisotopic (exact) mass is 274 g/mol. The van der Waals surface area contributed by atoms with Gasteiger partial charge in [0.25, 0.3) is 0 Å². The summed E-state index contributed by atoms with van der Waals surface area (Å²) in [7, 11) is 0. The molecule has 0 bridgehead atoms. The average Bonchev–Trinajstić information content (AvgIpc) is 2.00. The van der Waals surface area contributed by atoms with E-state index in [0.717, 1.165) is 54.1 Å². The molecule has 0 aliphatic carbocycles. The van der Waals surface area contributed by atoms with Crippen LogP contribution in [0.3, 0.4) is 0 Å². The number of nitrogens with two attached hydrogens (primary N) is 2. The van der Waals surface area contributed by atoms with Gasteiger partial charge in [-0.15, -0.1) is 0 Å². The van der Waals surface area contributed by atoms with Crippen LogP contribution in [0.1, 0.15) is 0 Å². The van der Waals surface area contributed by atoms with Crippen LogP contribution in [0.25, 0.3) is 0 Å². The Morgan fingerprint density at radius 1 is 0.900 bits per heavy atom. The zero-order chi connectivity index (χ0) is 7.98. The van der Waals surface area contributed by atoms with Crippen LogP contribution in [-0.4, -0.2) is 42.7 Å². The van der Waals surface area contributed by atoms with Gasteiger partial charge < -0.3 is 11.5 Å². The molecule has 0 aliphatic rings. The molecular weight excluding hydrogens is 266 g/mol. The van der Waals surface area contributed by atoms with Crippen molar-refractivity contribution in [2.24, 2.45) is 0 Å². The number of rotatable bonds is 0. The topological polar surface area (TPSA) is 52.0 Å². The molecule has 1 rings (SSSR count). The summed E-state index contributed by atoms with van der Waals surface area (Å²) in [6, 6.07) is 7.09. The molecule has 1 aromatic rings. The Kier molecular flexibility index (Phi) is 7.68. The summed E-state index contributed by atoms with van der Waals surface area (Å²) >= 11 is 3.37. The molecule has 0 spiro atoms. The minimum absolute atomic E-state index is 0.749. The van der Waals surface area contributed by atoms with Crippen molar-refractivity contribution in [3.8, 4) is 0 Å². The number of nitrogen functional groups attached to an aromatic ring is 2. The molecule has 10 heavy (non-hydrogen) atoms. The van der Waals surface area contributed by atoms with Crippen LogP contribution >= 0.6 is 11.3 Å². The third kappa shape index (κ3) is 4.92. The molecule has 0 atom stereocenters. The number of benzene rings is 1. The van der Waals surface area contributed by atoms with Gasteiger partial charge in [-0.3, -0.25) is 0 Å². The van der Waals surface area contributed by atoms with Crippen molar-refractivity contribution in [3.63, 3.8) is 0 Å². The van der Waals surface area contributed by atoms with Crippen LogP contribution in [0.5, 0.6) is 0 Å². The van der Waals surface area contributed by atoms with E-state index in [4.69, 9.17) is 11.5 Å². The Labute approximate surface area is 98.8 Å². The van der Waals surface area contributed by atoms with E-state index in [1.54, 1.807) is 24.3 Å². The first-order valence-electron chi connectivity index (χ1n) is 2.78. The van der Waals surface area contributed by atoms with Gasteiger partial charge in [0.1, 0.15) is 0 Å². The van der Waals surface area contributed by atoms with Crippen molar-refractivity contribution in [1.29, 1.82) is 0 Å². The van der Waals surface area contributed by atoms with Gasteiger partial charge >= 0.3 is 54.0 Å².